The number of benzene rings is 1. The van der Waals surface area contributed by atoms with Gasteiger partial charge in [-0.05, 0) is 60.8 Å². The van der Waals surface area contributed by atoms with Crippen molar-refractivity contribution in [3.8, 4) is 5.75 Å². The van der Waals surface area contributed by atoms with E-state index in [4.69, 9.17) is 0 Å². The molecule has 0 heterocycles. The normalized spacial score (nSPS) is 21.4. The fourth-order valence-electron chi connectivity index (χ4n) is 4.25. The van der Waals surface area contributed by atoms with Crippen LogP contribution in [-0.4, -0.2) is 18.1 Å². The first-order valence-corrected chi connectivity index (χ1v) is 10.2. The maximum absolute atomic E-state index is 11.6. The van der Waals surface area contributed by atoms with E-state index in [0.29, 0.717) is 11.1 Å². The third-order valence-corrected chi connectivity index (χ3v) is 6.33. The lowest BCUT2D eigenvalue weighted by atomic mass is 9.79. The van der Waals surface area contributed by atoms with Crippen LogP contribution in [0.1, 0.15) is 87.2 Å². The van der Waals surface area contributed by atoms with Gasteiger partial charge in [-0.25, -0.2) is 8.42 Å². The first-order chi connectivity index (χ1) is 11.0. The molecule has 2 fully saturated rings. The zero-order valence-electron chi connectivity index (χ0n) is 13.5. The quantitative estimate of drug-likeness (QED) is 0.830. The molecule has 0 aliphatic heterocycles. The van der Waals surface area contributed by atoms with Crippen molar-refractivity contribution in [1.82, 2.24) is 0 Å². The van der Waals surface area contributed by atoms with Crippen molar-refractivity contribution in [2.45, 2.75) is 80.9 Å². The number of rotatable bonds is 3. The molecule has 0 radical (unpaired) electrons. The predicted octanol–water partition coefficient (Wildman–Crippen LogP) is 4.39. The molecule has 1 aromatic rings. The van der Waals surface area contributed by atoms with Crippen molar-refractivity contribution in [1.29, 1.82) is 0 Å². The highest BCUT2D eigenvalue weighted by Gasteiger charge is 2.26. The van der Waals surface area contributed by atoms with Gasteiger partial charge in [0.25, 0.3) is 0 Å². The molecule has 23 heavy (non-hydrogen) atoms. The van der Waals surface area contributed by atoms with Crippen LogP contribution in [0.2, 0.25) is 0 Å². The third-order valence-electron chi connectivity index (χ3n) is 5.52. The van der Waals surface area contributed by atoms with Gasteiger partial charge in [0.2, 0.25) is 0 Å². The minimum Gasteiger partial charge on any atom is -0.744 e. The Morgan fingerprint density at radius 1 is 0.826 bits per heavy atom. The van der Waals surface area contributed by atoms with Crippen molar-refractivity contribution >= 4 is 10.1 Å². The van der Waals surface area contributed by atoms with E-state index in [-0.39, 0.29) is 22.5 Å². The van der Waals surface area contributed by atoms with E-state index in [9.17, 15) is 18.1 Å². The number of hydrogen-bond acceptors (Lipinski definition) is 4. The van der Waals surface area contributed by atoms with Gasteiger partial charge < -0.3 is 9.66 Å². The van der Waals surface area contributed by atoms with Gasteiger partial charge in [-0.15, -0.1) is 0 Å². The topological polar surface area (TPSA) is 77.4 Å². The summed E-state index contributed by atoms with van der Waals surface area (Å²) in [5, 5.41) is 10.8. The first-order valence-electron chi connectivity index (χ1n) is 8.79. The smallest absolute Gasteiger partial charge is 0.124 e. The maximum Gasteiger partial charge on any atom is 0.124 e. The molecule has 0 bridgehead atoms. The Kier molecular flexibility index (Phi) is 4.97. The summed E-state index contributed by atoms with van der Waals surface area (Å²) in [4.78, 5) is -0.170. The highest BCUT2D eigenvalue weighted by atomic mass is 32.2. The molecular formula is C18H25O4S-. The Balaban J connectivity index is 2.06. The van der Waals surface area contributed by atoms with Crippen LogP contribution in [0.25, 0.3) is 0 Å². The van der Waals surface area contributed by atoms with E-state index < -0.39 is 10.1 Å². The highest BCUT2D eigenvalue weighted by Crippen LogP contribution is 2.44. The zero-order valence-corrected chi connectivity index (χ0v) is 14.3. The molecule has 5 heteroatoms. The summed E-state index contributed by atoms with van der Waals surface area (Å²) in [6.07, 6.45) is 10.6. The molecule has 1 aromatic carbocycles. The number of aromatic hydroxyl groups is 1. The Labute approximate surface area is 138 Å². The molecule has 2 saturated carbocycles. The third kappa shape index (κ3) is 3.72. The van der Waals surface area contributed by atoms with E-state index in [0.717, 1.165) is 51.4 Å². The van der Waals surface area contributed by atoms with Gasteiger partial charge in [-0.2, -0.15) is 0 Å². The SMILES string of the molecule is O=S(=O)([O-])c1cc(C2CCCCC2)c(O)c(C2CCCCC2)c1. The minimum absolute atomic E-state index is 0.170. The molecule has 0 spiro atoms. The fourth-order valence-corrected chi connectivity index (χ4v) is 4.79. The van der Waals surface area contributed by atoms with Crippen LogP contribution in [0.15, 0.2) is 17.0 Å². The molecule has 0 amide bonds. The first kappa shape index (κ1) is 16.8. The Hall–Kier alpha value is -1.07. The zero-order chi connectivity index (χ0) is 16.4. The molecule has 0 atom stereocenters. The minimum atomic E-state index is -4.50. The van der Waals surface area contributed by atoms with Crippen LogP contribution < -0.4 is 0 Å². The van der Waals surface area contributed by atoms with E-state index in [1.54, 1.807) is 0 Å². The van der Waals surface area contributed by atoms with Gasteiger partial charge in [-0.3, -0.25) is 0 Å². The van der Waals surface area contributed by atoms with Gasteiger partial charge >= 0.3 is 0 Å². The van der Waals surface area contributed by atoms with Crippen LogP contribution in [0.5, 0.6) is 5.75 Å². The summed E-state index contributed by atoms with van der Waals surface area (Å²) < 4.78 is 34.7. The van der Waals surface area contributed by atoms with Crippen molar-refractivity contribution in [2.75, 3.05) is 0 Å². The molecule has 0 saturated heterocycles. The lowest BCUT2D eigenvalue weighted by molar-refractivity contribution is 0.391. The number of phenols is 1. The summed E-state index contributed by atoms with van der Waals surface area (Å²) in [7, 11) is -4.50. The average molecular weight is 337 g/mol. The van der Waals surface area contributed by atoms with E-state index in [1.165, 1.54) is 25.0 Å². The van der Waals surface area contributed by atoms with Crippen LogP contribution in [0, 0.1) is 0 Å². The number of phenolic OH excluding ortho intramolecular Hbond substituents is 1. The van der Waals surface area contributed by atoms with Crippen LogP contribution in [-0.2, 0) is 10.1 Å². The van der Waals surface area contributed by atoms with Crippen molar-refractivity contribution in [3.05, 3.63) is 23.3 Å². The fraction of sp³-hybridized carbons (Fsp3) is 0.667. The van der Waals surface area contributed by atoms with Gasteiger partial charge in [0, 0.05) is 0 Å². The summed E-state index contributed by atoms with van der Waals surface area (Å²) >= 11 is 0. The molecule has 2 aliphatic rings. The monoisotopic (exact) mass is 337 g/mol. The summed E-state index contributed by atoms with van der Waals surface area (Å²) in [6.45, 7) is 0. The Morgan fingerprint density at radius 2 is 1.22 bits per heavy atom. The lowest BCUT2D eigenvalue weighted by Gasteiger charge is -2.28. The van der Waals surface area contributed by atoms with Crippen LogP contribution >= 0.6 is 0 Å². The Morgan fingerprint density at radius 3 is 1.57 bits per heavy atom. The number of hydrogen-bond donors (Lipinski definition) is 1. The second kappa shape index (κ2) is 6.81. The molecule has 0 unspecified atom stereocenters. The van der Waals surface area contributed by atoms with Gasteiger partial charge in [-0.1, -0.05) is 38.5 Å². The van der Waals surface area contributed by atoms with E-state index >= 15 is 0 Å². The molecular weight excluding hydrogens is 312 g/mol. The average Bonchev–Trinajstić information content (AvgIpc) is 2.55. The van der Waals surface area contributed by atoms with Crippen LogP contribution in [0.4, 0.5) is 0 Å². The van der Waals surface area contributed by atoms with E-state index in [2.05, 4.69) is 0 Å². The van der Waals surface area contributed by atoms with Gasteiger partial charge in [0.05, 0.1) is 4.90 Å². The molecule has 3 rings (SSSR count). The molecule has 2 aliphatic carbocycles. The van der Waals surface area contributed by atoms with Crippen molar-refractivity contribution in [2.24, 2.45) is 0 Å². The molecule has 0 aromatic heterocycles. The van der Waals surface area contributed by atoms with Gasteiger partial charge in [0.1, 0.15) is 15.9 Å². The highest BCUT2D eigenvalue weighted by molar-refractivity contribution is 7.85. The second-order valence-corrected chi connectivity index (χ2v) is 8.45. The largest absolute Gasteiger partial charge is 0.744 e. The van der Waals surface area contributed by atoms with Crippen molar-refractivity contribution < 1.29 is 18.1 Å². The second-order valence-electron chi connectivity index (χ2n) is 7.07. The van der Waals surface area contributed by atoms with Gasteiger partial charge in [0.15, 0.2) is 0 Å². The van der Waals surface area contributed by atoms with Crippen molar-refractivity contribution in [3.63, 3.8) is 0 Å². The molecule has 4 nitrogen and oxygen atoms in total. The summed E-state index contributed by atoms with van der Waals surface area (Å²) in [5.41, 5.74) is 1.37. The maximum atomic E-state index is 11.6. The Bertz CT molecular complexity index is 615. The lowest BCUT2D eigenvalue weighted by Crippen LogP contribution is -2.11. The summed E-state index contributed by atoms with van der Waals surface area (Å²) in [5.74, 6) is 0.594. The molecule has 128 valence electrons. The summed E-state index contributed by atoms with van der Waals surface area (Å²) in [6, 6.07) is 2.86. The van der Waals surface area contributed by atoms with Crippen LogP contribution in [0.3, 0.4) is 0 Å². The molecule has 1 N–H and O–H groups in total. The predicted molar refractivity (Wildman–Crippen MR) is 87.7 cm³/mol. The van der Waals surface area contributed by atoms with E-state index in [1.807, 2.05) is 0 Å². The standard InChI is InChI=1S/C18H26O4S/c19-18-16(13-7-3-1-4-8-13)11-15(23(20,21)22)12-17(18)14-9-5-2-6-10-14/h11-14,19H,1-10H2,(H,20,21,22)/p-1.